The lowest BCUT2D eigenvalue weighted by atomic mass is 9.99. The summed E-state index contributed by atoms with van der Waals surface area (Å²) in [6, 6.07) is 29.0. The van der Waals surface area contributed by atoms with Gasteiger partial charge in [0.2, 0.25) is 0 Å². The van der Waals surface area contributed by atoms with Crippen LogP contribution in [0.15, 0.2) is 91.1 Å². The summed E-state index contributed by atoms with van der Waals surface area (Å²) in [6.45, 7) is 0.521. The molecule has 0 aliphatic rings. The molecule has 136 valence electrons. The van der Waals surface area contributed by atoms with Crippen LogP contribution in [-0.2, 0) is 0 Å². The van der Waals surface area contributed by atoms with E-state index >= 15 is 0 Å². The van der Waals surface area contributed by atoms with Gasteiger partial charge in [-0.25, -0.2) is 0 Å². The first-order valence-corrected chi connectivity index (χ1v) is 9.32. The molecule has 0 bridgehead atoms. The van der Waals surface area contributed by atoms with Gasteiger partial charge in [-0.3, -0.25) is 0 Å². The highest BCUT2D eigenvalue weighted by molar-refractivity contribution is 5.95. The van der Waals surface area contributed by atoms with Crippen molar-refractivity contribution in [2.45, 2.75) is 12.1 Å². The van der Waals surface area contributed by atoms with Crippen molar-refractivity contribution in [1.29, 1.82) is 0 Å². The maximum Gasteiger partial charge on any atom is 0.0912 e. The maximum absolute atomic E-state index is 11.0. The normalized spacial score (nSPS) is 13.6. The fourth-order valence-electron chi connectivity index (χ4n) is 3.84. The summed E-state index contributed by atoms with van der Waals surface area (Å²) in [4.78, 5) is 0. The van der Waals surface area contributed by atoms with Crippen LogP contribution in [0.2, 0.25) is 0 Å². The smallest absolute Gasteiger partial charge is 0.0912 e. The molecule has 0 fully saturated rings. The van der Waals surface area contributed by atoms with Crippen molar-refractivity contribution in [2.75, 3.05) is 13.6 Å². The Hall–Kier alpha value is -2.88. The number of aliphatic hydroxyl groups excluding tert-OH is 1. The Bertz CT molecular complexity index is 1010. The predicted octanol–water partition coefficient (Wildman–Crippen LogP) is 4.48. The Morgan fingerprint density at radius 3 is 2.26 bits per heavy atom. The lowest BCUT2D eigenvalue weighted by Gasteiger charge is -2.27. The molecular weight excluding hydrogens is 332 g/mol. The van der Waals surface area contributed by atoms with Gasteiger partial charge in [0.1, 0.15) is 0 Å². The van der Waals surface area contributed by atoms with Gasteiger partial charge in [0, 0.05) is 23.7 Å². The third kappa shape index (κ3) is 3.39. The van der Waals surface area contributed by atoms with Crippen LogP contribution in [0.3, 0.4) is 0 Å². The molecule has 2 N–H and O–H groups in total. The molecule has 1 heterocycles. The molecule has 1 aromatic heterocycles. The summed E-state index contributed by atoms with van der Waals surface area (Å²) in [5, 5.41) is 15.3. The topological polar surface area (TPSA) is 37.2 Å². The summed E-state index contributed by atoms with van der Waals surface area (Å²) in [6.07, 6.45) is 1.55. The second-order valence-electron chi connectivity index (χ2n) is 6.81. The molecule has 0 spiro atoms. The van der Waals surface area contributed by atoms with Gasteiger partial charge >= 0.3 is 0 Å². The van der Waals surface area contributed by atoms with E-state index in [4.69, 9.17) is 0 Å². The predicted molar refractivity (Wildman–Crippen MR) is 112 cm³/mol. The Labute approximate surface area is 159 Å². The van der Waals surface area contributed by atoms with E-state index in [-0.39, 0.29) is 6.04 Å². The molecule has 0 unspecified atom stereocenters. The van der Waals surface area contributed by atoms with Crippen molar-refractivity contribution in [2.24, 2.45) is 0 Å². The minimum atomic E-state index is -0.545. The van der Waals surface area contributed by atoms with Crippen molar-refractivity contribution >= 4 is 10.9 Å². The van der Waals surface area contributed by atoms with Crippen LogP contribution in [0.5, 0.6) is 0 Å². The molecule has 4 rings (SSSR count). The third-order valence-electron chi connectivity index (χ3n) is 5.04. The third-order valence-corrected chi connectivity index (χ3v) is 5.04. The van der Waals surface area contributed by atoms with E-state index in [0.717, 1.165) is 11.1 Å². The Balaban J connectivity index is 1.93. The van der Waals surface area contributed by atoms with E-state index in [1.54, 1.807) is 0 Å². The summed E-state index contributed by atoms with van der Waals surface area (Å²) in [7, 11) is 1.87. The van der Waals surface area contributed by atoms with Crippen molar-refractivity contribution in [3.63, 3.8) is 0 Å². The highest BCUT2D eigenvalue weighted by atomic mass is 16.3. The number of nitrogens with one attached hydrogen (secondary N) is 1. The van der Waals surface area contributed by atoms with E-state index < -0.39 is 6.10 Å². The number of para-hydroxylation sites is 1. The monoisotopic (exact) mass is 356 g/mol. The molecule has 2 atom stereocenters. The van der Waals surface area contributed by atoms with Gasteiger partial charge in [0.15, 0.2) is 0 Å². The molecule has 3 heteroatoms. The van der Waals surface area contributed by atoms with Crippen LogP contribution in [0.4, 0.5) is 0 Å². The number of hydrogen-bond acceptors (Lipinski definition) is 2. The molecular formula is C24H24N2O. The van der Waals surface area contributed by atoms with Crippen LogP contribution >= 0.6 is 0 Å². The van der Waals surface area contributed by atoms with Gasteiger partial charge in [0.25, 0.3) is 0 Å². The molecule has 0 aliphatic heterocycles. The van der Waals surface area contributed by atoms with Crippen LogP contribution in [0, 0.1) is 0 Å². The number of fused-ring (bicyclic) bond motifs is 1. The Kier molecular flexibility index (Phi) is 5.05. The summed E-state index contributed by atoms with van der Waals surface area (Å²) in [5.41, 5.74) is 4.60. The van der Waals surface area contributed by atoms with Gasteiger partial charge in [-0.15, -0.1) is 0 Å². The number of rotatable bonds is 6. The largest absolute Gasteiger partial charge is 0.389 e. The lowest BCUT2D eigenvalue weighted by molar-refractivity contribution is 0.132. The van der Waals surface area contributed by atoms with Crippen molar-refractivity contribution < 1.29 is 5.11 Å². The second kappa shape index (κ2) is 7.78. The van der Waals surface area contributed by atoms with E-state index in [2.05, 4.69) is 76.7 Å². The highest BCUT2D eigenvalue weighted by Gasteiger charge is 2.24. The summed E-state index contributed by atoms with van der Waals surface area (Å²) >= 11 is 0. The molecule has 0 radical (unpaired) electrons. The quantitative estimate of drug-likeness (QED) is 0.534. The summed E-state index contributed by atoms with van der Waals surface area (Å²) in [5.74, 6) is 0. The number of hydrogen-bond donors (Lipinski definition) is 2. The van der Waals surface area contributed by atoms with Crippen molar-refractivity contribution in [1.82, 2.24) is 9.88 Å². The van der Waals surface area contributed by atoms with Crippen LogP contribution in [0.1, 0.15) is 11.6 Å². The van der Waals surface area contributed by atoms with Gasteiger partial charge in [-0.2, -0.15) is 0 Å². The second-order valence-corrected chi connectivity index (χ2v) is 6.81. The van der Waals surface area contributed by atoms with E-state index in [1.807, 2.05) is 31.3 Å². The maximum atomic E-state index is 11.0. The zero-order chi connectivity index (χ0) is 18.6. The Morgan fingerprint density at radius 2 is 1.56 bits per heavy atom. The zero-order valence-corrected chi connectivity index (χ0v) is 15.4. The van der Waals surface area contributed by atoms with Crippen LogP contribution < -0.4 is 5.32 Å². The van der Waals surface area contributed by atoms with Crippen molar-refractivity contribution in [3.05, 3.63) is 96.7 Å². The number of aliphatic hydroxyl groups is 1. The molecule has 27 heavy (non-hydrogen) atoms. The first-order valence-electron chi connectivity index (χ1n) is 9.32. The minimum absolute atomic E-state index is 0.166. The first-order chi connectivity index (χ1) is 13.3. The molecule has 4 aromatic rings. The SMILES string of the molecule is CNC[C@@H](O)[C@H](c1ccccc1)n1ccc2cccc(-c3ccccc3)c21. The number of likely N-dealkylation sites (N-methyl/N-ethyl adjacent to an activating group) is 1. The molecule has 0 saturated carbocycles. The summed E-state index contributed by atoms with van der Waals surface area (Å²) < 4.78 is 2.22. The fourth-order valence-corrected chi connectivity index (χ4v) is 3.84. The van der Waals surface area contributed by atoms with E-state index in [1.165, 1.54) is 16.5 Å². The van der Waals surface area contributed by atoms with E-state index in [0.29, 0.717) is 6.54 Å². The highest BCUT2D eigenvalue weighted by Crippen LogP contribution is 2.34. The molecule has 0 aliphatic carbocycles. The average molecular weight is 356 g/mol. The molecule has 3 aromatic carbocycles. The van der Waals surface area contributed by atoms with E-state index in [9.17, 15) is 5.11 Å². The van der Waals surface area contributed by atoms with Gasteiger partial charge in [-0.05, 0) is 24.2 Å². The van der Waals surface area contributed by atoms with Gasteiger partial charge in [-0.1, -0.05) is 78.9 Å². The van der Waals surface area contributed by atoms with Crippen LogP contribution in [0.25, 0.3) is 22.0 Å². The zero-order valence-electron chi connectivity index (χ0n) is 15.4. The molecule has 3 nitrogen and oxygen atoms in total. The molecule has 0 amide bonds. The number of nitrogens with zero attached hydrogens (tertiary/aromatic N) is 1. The molecule has 0 saturated heterocycles. The average Bonchev–Trinajstić information content (AvgIpc) is 3.14. The van der Waals surface area contributed by atoms with Crippen molar-refractivity contribution in [3.8, 4) is 11.1 Å². The lowest BCUT2D eigenvalue weighted by Crippen LogP contribution is -2.33. The van der Waals surface area contributed by atoms with Crippen LogP contribution in [-0.4, -0.2) is 29.4 Å². The minimum Gasteiger partial charge on any atom is -0.389 e. The standard InChI is InChI=1S/C24H24N2O/c1-25-17-22(27)24(19-11-6-3-7-12-19)26-16-15-20-13-8-14-21(23(20)26)18-9-4-2-5-10-18/h2-16,22,24-25,27H,17H2,1H3/t22-,24+/m1/s1. The van der Waals surface area contributed by atoms with Gasteiger partial charge in [0.05, 0.1) is 17.7 Å². The number of aromatic nitrogens is 1. The fraction of sp³-hybridized carbons (Fsp3) is 0.167. The van der Waals surface area contributed by atoms with Gasteiger partial charge < -0.3 is 15.0 Å². The number of benzene rings is 3. The first kappa shape index (κ1) is 17.5. The Morgan fingerprint density at radius 1 is 0.852 bits per heavy atom.